The third-order valence-electron chi connectivity index (χ3n) is 2.66. The van der Waals surface area contributed by atoms with E-state index in [1.54, 1.807) is 0 Å². The summed E-state index contributed by atoms with van der Waals surface area (Å²) in [6.45, 7) is -4.83. The molecule has 2 N–H and O–H groups in total. The molecule has 0 saturated carbocycles. The molecule has 0 heterocycles. The number of aliphatic hydroxyl groups excluding tert-OH is 2. The number of ether oxygens (including phenoxy) is 1. The van der Waals surface area contributed by atoms with E-state index in [1.807, 2.05) is 0 Å². The molecule has 0 aliphatic rings. The standard InChI is InChI=1S/C10H10F11NO4/c11-6(8(14,15)16,5(25)22(1-3-23)2-4-24)26-10(20,21)7(12,13)9(17,18)19/h23-24H,1-4H2. The van der Waals surface area contributed by atoms with Crippen molar-refractivity contribution >= 4 is 5.91 Å². The van der Waals surface area contributed by atoms with Gasteiger partial charge < -0.3 is 15.1 Å². The van der Waals surface area contributed by atoms with E-state index in [2.05, 4.69) is 4.74 Å². The van der Waals surface area contributed by atoms with Crippen molar-refractivity contribution in [2.45, 2.75) is 30.2 Å². The first-order chi connectivity index (χ1) is 11.4. The van der Waals surface area contributed by atoms with Crippen LogP contribution in [0.15, 0.2) is 0 Å². The number of rotatable bonds is 8. The molecule has 0 radical (unpaired) electrons. The van der Waals surface area contributed by atoms with Crippen LogP contribution in [-0.4, -0.2) is 77.6 Å². The Morgan fingerprint density at radius 2 is 1.15 bits per heavy atom. The molecule has 1 unspecified atom stereocenters. The number of carbonyl (C=O) groups excluding carboxylic acids is 1. The summed E-state index contributed by atoms with van der Waals surface area (Å²) in [5, 5.41) is 17.0. The van der Waals surface area contributed by atoms with Gasteiger partial charge in [0.1, 0.15) is 0 Å². The number of nitrogens with zero attached hydrogens (tertiary/aromatic N) is 1. The van der Waals surface area contributed by atoms with E-state index in [1.165, 1.54) is 0 Å². The SMILES string of the molecule is O=C(N(CCO)CCO)C(F)(OC(F)(F)C(F)(F)C(F)(F)F)C(F)(F)F. The fraction of sp³-hybridized carbons (Fsp3) is 0.900. The Hall–Kier alpha value is -1.42. The first kappa shape index (κ1) is 24.6. The van der Waals surface area contributed by atoms with E-state index in [4.69, 9.17) is 10.2 Å². The van der Waals surface area contributed by atoms with Crippen LogP contribution in [0.4, 0.5) is 48.3 Å². The predicted molar refractivity (Wildman–Crippen MR) is 57.7 cm³/mol. The molecular weight excluding hydrogens is 407 g/mol. The summed E-state index contributed by atoms with van der Waals surface area (Å²) in [5.41, 5.74) is 0. The smallest absolute Gasteiger partial charge is 0.395 e. The van der Waals surface area contributed by atoms with Crippen molar-refractivity contribution in [2.24, 2.45) is 0 Å². The number of halogens is 11. The molecule has 0 aromatic carbocycles. The highest BCUT2D eigenvalue weighted by Crippen LogP contribution is 2.51. The highest BCUT2D eigenvalue weighted by atomic mass is 19.4. The van der Waals surface area contributed by atoms with Gasteiger partial charge in [-0.3, -0.25) is 9.53 Å². The Balaban J connectivity index is 6.09. The second-order valence-corrected chi connectivity index (χ2v) is 4.52. The van der Waals surface area contributed by atoms with Crippen LogP contribution in [0.5, 0.6) is 0 Å². The van der Waals surface area contributed by atoms with Crippen LogP contribution in [-0.2, 0) is 9.53 Å². The minimum atomic E-state index is -7.29. The molecule has 0 spiro atoms. The quantitative estimate of drug-likeness (QED) is 0.592. The average Bonchev–Trinajstić information content (AvgIpc) is 2.43. The molecule has 26 heavy (non-hydrogen) atoms. The number of aliphatic hydroxyl groups is 2. The van der Waals surface area contributed by atoms with E-state index in [0.29, 0.717) is 0 Å². The number of amides is 1. The van der Waals surface area contributed by atoms with E-state index in [0.717, 1.165) is 0 Å². The minimum Gasteiger partial charge on any atom is -0.395 e. The second-order valence-electron chi connectivity index (χ2n) is 4.52. The molecule has 0 aromatic rings. The molecule has 0 rings (SSSR count). The summed E-state index contributed by atoms with van der Waals surface area (Å²) in [5.74, 6) is -16.8. The van der Waals surface area contributed by atoms with Gasteiger partial charge in [0.05, 0.1) is 13.2 Å². The van der Waals surface area contributed by atoms with Crippen LogP contribution in [0.3, 0.4) is 0 Å². The number of hydrogen-bond donors (Lipinski definition) is 2. The number of alkyl halides is 11. The lowest BCUT2D eigenvalue weighted by Gasteiger charge is -2.36. The van der Waals surface area contributed by atoms with Crippen molar-refractivity contribution in [3.8, 4) is 0 Å². The first-order valence-corrected chi connectivity index (χ1v) is 6.18. The van der Waals surface area contributed by atoms with Gasteiger partial charge in [-0.15, -0.1) is 0 Å². The summed E-state index contributed by atoms with van der Waals surface area (Å²) < 4.78 is 141. The van der Waals surface area contributed by atoms with Crippen molar-refractivity contribution < 1.29 is 68.0 Å². The normalized spacial score (nSPS) is 16.3. The lowest BCUT2D eigenvalue weighted by Crippen LogP contribution is -2.64. The molecule has 1 amide bonds. The molecular formula is C10H10F11NO4. The van der Waals surface area contributed by atoms with E-state index < -0.39 is 67.3 Å². The van der Waals surface area contributed by atoms with Gasteiger partial charge in [0, 0.05) is 13.1 Å². The van der Waals surface area contributed by atoms with Gasteiger partial charge in [0.25, 0.3) is 5.91 Å². The molecule has 0 fully saturated rings. The Labute approximate surface area is 136 Å². The Kier molecular flexibility index (Phi) is 7.26. The molecule has 1 atom stereocenters. The zero-order chi connectivity index (χ0) is 21.2. The maximum Gasteiger partial charge on any atom is 0.462 e. The molecule has 5 nitrogen and oxygen atoms in total. The third-order valence-corrected chi connectivity index (χ3v) is 2.66. The molecule has 0 aliphatic carbocycles. The summed E-state index contributed by atoms with van der Waals surface area (Å²) in [6.07, 6.45) is -21.1. The molecule has 156 valence electrons. The Morgan fingerprint density at radius 1 is 0.769 bits per heavy atom. The van der Waals surface area contributed by atoms with Gasteiger partial charge in [0.2, 0.25) is 0 Å². The zero-order valence-electron chi connectivity index (χ0n) is 12.1. The van der Waals surface area contributed by atoms with E-state index in [-0.39, 0.29) is 0 Å². The fourth-order valence-electron chi connectivity index (χ4n) is 1.39. The predicted octanol–water partition coefficient (Wildman–Crippen LogP) is 1.83. The molecule has 0 bridgehead atoms. The largest absolute Gasteiger partial charge is 0.462 e. The van der Waals surface area contributed by atoms with Gasteiger partial charge in [-0.05, 0) is 0 Å². The van der Waals surface area contributed by atoms with E-state index in [9.17, 15) is 53.1 Å². The second kappa shape index (κ2) is 7.67. The van der Waals surface area contributed by atoms with Crippen LogP contribution in [0.1, 0.15) is 0 Å². The molecule has 0 aliphatic heterocycles. The number of carbonyl (C=O) groups is 1. The summed E-state index contributed by atoms with van der Waals surface area (Å²) in [4.78, 5) is 11.0. The van der Waals surface area contributed by atoms with Crippen LogP contribution in [0.25, 0.3) is 0 Å². The lowest BCUT2D eigenvalue weighted by atomic mass is 10.2. The summed E-state index contributed by atoms with van der Waals surface area (Å²) in [7, 11) is 0. The maximum atomic E-state index is 13.9. The van der Waals surface area contributed by atoms with Crippen LogP contribution < -0.4 is 0 Å². The van der Waals surface area contributed by atoms with Gasteiger partial charge in [-0.25, -0.2) is 0 Å². The topological polar surface area (TPSA) is 70.0 Å². The fourth-order valence-corrected chi connectivity index (χ4v) is 1.39. The van der Waals surface area contributed by atoms with Gasteiger partial charge in [0.15, 0.2) is 0 Å². The lowest BCUT2D eigenvalue weighted by molar-refractivity contribution is -0.473. The van der Waals surface area contributed by atoms with Gasteiger partial charge >= 0.3 is 30.2 Å². The third kappa shape index (κ3) is 4.64. The molecule has 16 heteroatoms. The Bertz CT molecular complexity index is 486. The Morgan fingerprint density at radius 3 is 1.42 bits per heavy atom. The van der Waals surface area contributed by atoms with E-state index >= 15 is 0 Å². The van der Waals surface area contributed by atoms with Crippen molar-refractivity contribution in [3.05, 3.63) is 0 Å². The molecule has 0 aromatic heterocycles. The van der Waals surface area contributed by atoms with Crippen molar-refractivity contribution in [3.63, 3.8) is 0 Å². The monoisotopic (exact) mass is 417 g/mol. The van der Waals surface area contributed by atoms with Gasteiger partial charge in [-0.2, -0.15) is 48.3 Å². The van der Waals surface area contributed by atoms with Crippen LogP contribution in [0.2, 0.25) is 0 Å². The minimum absolute atomic E-state index is 0.463. The van der Waals surface area contributed by atoms with Crippen LogP contribution in [0, 0.1) is 0 Å². The summed E-state index contributed by atoms with van der Waals surface area (Å²) >= 11 is 0. The van der Waals surface area contributed by atoms with Crippen LogP contribution >= 0.6 is 0 Å². The zero-order valence-corrected chi connectivity index (χ0v) is 12.1. The maximum absolute atomic E-state index is 13.9. The highest BCUT2D eigenvalue weighted by Gasteiger charge is 2.79. The number of hydrogen-bond acceptors (Lipinski definition) is 4. The van der Waals surface area contributed by atoms with Crippen molar-refractivity contribution in [1.82, 2.24) is 4.90 Å². The van der Waals surface area contributed by atoms with Gasteiger partial charge in [-0.1, -0.05) is 0 Å². The summed E-state index contributed by atoms with van der Waals surface area (Å²) in [6, 6.07) is 0. The molecule has 0 saturated heterocycles. The van der Waals surface area contributed by atoms with Crippen molar-refractivity contribution in [1.29, 1.82) is 0 Å². The average molecular weight is 417 g/mol. The first-order valence-electron chi connectivity index (χ1n) is 6.18. The highest BCUT2D eigenvalue weighted by molar-refractivity contribution is 5.84. The van der Waals surface area contributed by atoms with Crippen molar-refractivity contribution in [2.75, 3.05) is 26.3 Å².